The molecule has 66 valence electrons. The van der Waals surface area contributed by atoms with Gasteiger partial charge in [0.05, 0.1) is 0 Å². The Hall–Kier alpha value is -0.220. The molecule has 3 nitrogen and oxygen atoms in total. The maximum atomic E-state index is 10.6. The van der Waals surface area contributed by atoms with E-state index in [4.69, 9.17) is 5.84 Å². The highest BCUT2D eigenvalue weighted by Gasteiger charge is 2.10. The van der Waals surface area contributed by atoms with E-state index in [2.05, 4.69) is 26.2 Å². The third-order valence-electron chi connectivity index (χ3n) is 1.03. The van der Waals surface area contributed by atoms with E-state index in [1.165, 1.54) is 0 Å². The molecule has 0 bridgehead atoms. The zero-order valence-electron chi connectivity index (χ0n) is 7.31. The van der Waals surface area contributed by atoms with E-state index >= 15 is 0 Å². The lowest BCUT2D eigenvalue weighted by molar-refractivity contribution is -0.120. The van der Waals surface area contributed by atoms with E-state index in [0.29, 0.717) is 6.42 Å². The summed E-state index contributed by atoms with van der Waals surface area (Å²) in [5, 5.41) is 0. The maximum absolute atomic E-state index is 10.6. The van der Waals surface area contributed by atoms with E-state index in [9.17, 15) is 4.79 Å². The second-order valence-electron chi connectivity index (χ2n) is 3.28. The molecule has 1 amide bonds. The molecule has 0 rings (SSSR count). The second kappa shape index (κ2) is 4.62. The highest BCUT2D eigenvalue weighted by molar-refractivity contribution is 8.00. The summed E-state index contributed by atoms with van der Waals surface area (Å²) in [5.74, 6) is 5.64. The van der Waals surface area contributed by atoms with Crippen molar-refractivity contribution < 1.29 is 4.79 Å². The van der Waals surface area contributed by atoms with Crippen molar-refractivity contribution >= 4 is 17.7 Å². The molecule has 3 N–H and O–H groups in total. The van der Waals surface area contributed by atoms with Crippen LogP contribution in [0.25, 0.3) is 0 Å². The van der Waals surface area contributed by atoms with Crippen LogP contribution in [0.15, 0.2) is 0 Å². The Bertz CT molecular complexity index is 131. The van der Waals surface area contributed by atoms with Crippen LogP contribution in [0.2, 0.25) is 0 Å². The fraction of sp³-hybridized carbons (Fsp3) is 0.857. The number of carbonyl (C=O) groups excluding carboxylic acids is 1. The monoisotopic (exact) mass is 176 g/mol. The van der Waals surface area contributed by atoms with Crippen molar-refractivity contribution in [2.24, 2.45) is 5.84 Å². The quantitative estimate of drug-likeness (QED) is 0.381. The van der Waals surface area contributed by atoms with Gasteiger partial charge in [0.2, 0.25) is 5.91 Å². The second-order valence-corrected chi connectivity index (χ2v) is 5.20. The average molecular weight is 176 g/mol. The number of amides is 1. The zero-order valence-corrected chi connectivity index (χ0v) is 8.12. The van der Waals surface area contributed by atoms with Crippen molar-refractivity contribution in [3.63, 3.8) is 0 Å². The summed E-state index contributed by atoms with van der Waals surface area (Å²) in [6.07, 6.45) is 0.498. The molecule has 0 aromatic heterocycles. The summed E-state index contributed by atoms with van der Waals surface area (Å²) < 4.78 is 0.231. The Kier molecular flexibility index (Phi) is 4.52. The van der Waals surface area contributed by atoms with E-state index < -0.39 is 0 Å². The predicted octanol–water partition coefficient (Wildman–Crippen LogP) is 0.898. The van der Waals surface area contributed by atoms with Gasteiger partial charge in [-0.15, -0.1) is 0 Å². The molecule has 0 aromatic rings. The minimum Gasteiger partial charge on any atom is -0.294 e. The fourth-order valence-electron chi connectivity index (χ4n) is 0.522. The zero-order chi connectivity index (χ0) is 8.91. The first kappa shape index (κ1) is 10.8. The molecule has 4 heteroatoms. The molecule has 11 heavy (non-hydrogen) atoms. The smallest absolute Gasteiger partial charge is 0.234 e. The van der Waals surface area contributed by atoms with E-state index in [-0.39, 0.29) is 10.7 Å². The molecular weight excluding hydrogens is 160 g/mol. The van der Waals surface area contributed by atoms with Gasteiger partial charge in [-0.2, -0.15) is 11.8 Å². The highest BCUT2D eigenvalue weighted by Crippen LogP contribution is 2.23. The van der Waals surface area contributed by atoms with Gasteiger partial charge in [-0.3, -0.25) is 10.2 Å². The SMILES string of the molecule is CC(C)(C)SCCC(=O)NN. The Morgan fingerprint density at radius 2 is 2.09 bits per heavy atom. The predicted molar refractivity (Wildman–Crippen MR) is 49.2 cm³/mol. The molecular formula is C7H16N2OS. The molecule has 0 aliphatic carbocycles. The van der Waals surface area contributed by atoms with Gasteiger partial charge in [-0.1, -0.05) is 20.8 Å². The molecule has 0 saturated carbocycles. The van der Waals surface area contributed by atoms with E-state index in [1.807, 2.05) is 0 Å². The lowest BCUT2D eigenvalue weighted by atomic mass is 10.3. The lowest BCUT2D eigenvalue weighted by Crippen LogP contribution is -2.30. The molecule has 0 aliphatic rings. The molecule has 0 radical (unpaired) electrons. The number of hydrazine groups is 1. The van der Waals surface area contributed by atoms with Crippen LogP contribution in [-0.2, 0) is 4.79 Å². The number of nitrogens with two attached hydrogens (primary N) is 1. The van der Waals surface area contributed by atoms with E-state index in [1.54, 1.807) is 11.8 Å². The van der Waals surface area contributed by atoms with Gasteiger partial charge < -0.3 is 0 Å². The maximum Gasteiger partial charge on any atom is 0.234 e. The molecule has 0 unspecified atom stereocenters. The van der Waals surface area contributed by atoms with Gasteiger partial charge in [0.1, 0.15) is 0 Å². The first-order chi connectivity index (χ1) is 4.95. The third kappa shape index (κ3) is 7.68. The van der Waals surface area contributed by atoms with Crippen LogP contribution in [0.5, 0.6) is 0 Å². The Balaban J connectivity index is 3.35. The van der Waals surface area contributed by atoms with Crippen molar-refractivity contribution in [3.8, 4) is 0 Å². The lowest BCUT2D eigenvalue weighted by Gasteiger charge is -2.16. The van der Waals surface area contributed by atoms with Crippen LogP contribution in [0.4, 0.5) is 0 Å². The summed E-state index contributed by atoms with van der Waals surface area (Å²) >= 11 is 1.76. The largest absolute Gasteiger partial charge is 0.294 e. The van der Waals surface area contributed by atoms with Crippen LogP contribution in [0.3, 0.4) is 0 Å². The standard InChI is InChI=1S/C7H16N2OS/c1-7(2,3)11-5-4-6(10)9-8/h4-5,8H2,1-3H3,(H,9,10). The molecule has 0 spiro atoms. The highest BCUT2D eigenvalue weighted by atomic mass is 32.2. The topological polar surface area (TPSA) is 55.1 Å². The Labute approximate surface area is 72.1 Å². The van der Waals surface area contributed by atoms with Crippen molar-refractivity contribution in [1.29, 1.82) is 0 Å². The number of nitrogens with one attached hydrogen (secondary N) is 1. The van der Waals surface area contributed by atoms with Crippen LogP contribution < -0.4 is 11.3 Å². The molecule has 0 atom stereocenters. The van der Waals surface area contributed by atoms with Crippen molar-refractivity contribution in [3.05, 3.63) is 0 Å². The summed E-state index contributed by atoms with van der Waals surface area (Å²) in [4.78, 5) is 10.6. The van der Waals surface area contributed by atoms with Crippen molar-refractivity contribution in [1.82, 2.24) is 5.43 Å². The summed E-state index contributed by atoms with van der Waals surface area (Å²) in [7, 11) is 0. The van der Waals surface area contributed by atoms with Gasteiger partial charge in [0.25, 0.3) is 0 Å². The van der Waals surface area contributed by atoms with Gasteiger partial charge in [-0.05, 0) is 0 Å². The summed E-state index contributed by atoms with van der Waals surface area (Å²) in [6.45, 7) is 6.37. The number of rotatable bonds is 3. The summed E-state index contributed by atoms with van der Waals surface area (Å²) in [5.41, 5.74) is 2.10. The van der Waals surface area contributed by atoms with Crippen LogP contribution in [0, 0.1) is 0 Å². The first-order valence-electron chi connectivity index (χ1n) is 3.59. The molecule has 0 aromatic carbocycles. The Morgan fingerprint density at radius 1 is 1.55 bits per heavy atom. The number of hydrogen-bond donors (Lipinski definition) is 2. The van der Waals surface area contributed by atoms with Crippen LogP contribution in [-0.4, -0.2) is 16.4 Å². The molecule has 0 aliphatic heterocycles. The summed E-state index contributed by atoms with van der Waals surface area (Å²) in [6, 6.07) is 0. The van der Waals surface area contributed by atoms with Crippen LogP contribution in [0.1, 0.15) is 27.2 Å². The molecule has 0 fully saturated rings. The van der Waals surface area contributed by atoms with Gasteiger partial charge in [0.15, 0.2) is 0 Å². The minimum absolute atomic E-state index is 0.0956. The number of hydrogen-bond acceptors (Lipinski definition) is 3. The minimum atomic E-state index is -0.0956. The number of carbonyl (C=O) groups is 1. The van der Waals surface area contributed by atoms with Gasteiger partial charge >= 0.3 is 0 Å². The number of thioether (sulfide) groups is 1. The van der Waals surface area contributed by atoms with Crippen LogP contribution >= 0.6 is 11.8 Å². The molecule has 0 saturated heterocycles. The third-order valence-corrected chi connectivity index (χ3v) is 2.30. The Morgan fingerprint density at radius 3 is 2.45 bits per heavy atom. The average Bonchev–Trinajstić information content (AvgIpc) is 1.85. The van der Waals surface area contributed by atoms with Crippen molar-refractivity contribution in [2.45, 2.75) is 31.9 Å². The van der Waals surface area contributed by atoms with Gasteiger partial charge in [0, 0.05) is 16.9 Å². The first-order valence-corrected chi connectivity index (χ1v) is 4.57. The van der Waals surface area contributed by atoms with Crippen molar-refractivity contribution in [2.75, 3.05) is 5.75 Å². The van der Waals surface area contributed by atoms with Gasteiger partial charge in [-0.25, -0.2) is 5.84 Å². The fourth-order valence-corrected chi connectivity index (χ4v) is 1.42. The van der Waals surface area contributed by atoms with E-state index in [0.717, 1.165) is 5.75 Å². The molecule has 0 heterocycles. The normalized spacial score (nSPS) is 11.3.